The number of hydrogen-bond donors (Lipinski definition) is 1. The number of hydrogen-bond acceptors (Lipinski definition) is 10. The Labute approximate surface area is 246 Å². The summed E-state index contributed by atoms with van der Waals surface area (Å²) in [6.07, 6.45) is 3.74. The molecule has 0 unspecified atom stereocenters. The molecule has 0 spiro atoms. The molecule has 1 aliphatic rings. The number of benzene rings is 1. The number of piperidine rings is 1. The van der Waals surface area contributed by atoms with Gasteiger partial charge in [-0.2, -0.15) is 4.98 Å². The van der Waals surface area contributed by atoms with Crippen molar-refractivity contribution in [1.82, 2.24) is 33.0 Å². The van der Waals surface area contributed by atoms with Gasteiger partial charge in [-0.1, -0.05) is 24.3 Å². The van der Waals surface area contributed by atoms with E-state index in [-0.39, 0.29) is 35.3 Å². The molecule has 0 radical (unpaired) electrons. The van der Waals surface area contributed by atoms with Crippen molar-refractivity contribution in [3.8, 4) is 0 Å². The van der Waals surface area contributed by atoms with Gasteiger partial charge < -0.3 is 5.32 Å². The predicted molar refractivity (Wildman–Crippen MR) is 155 cm³/mol. The number of aryl methyl sites for hydroxylation is 1. The molecule has 0 atom stereocenters. The summed E-state index contributed by atoms with van der Waals surface area (Å²) in [6, 6.07) is 8.10. The molecule has 5 rings (SSSR count). The van der Waals surface area contributed by atoms with Gasteiger partial charge in [-0.3, -0.25) is 9.36 Å². The van der Waals surface area contributed by atoms with Gasteiger partial charge in [0.15, 0.2) is 0 Å². The molecule has 1 aliphatic heterocycles. The van der Waals surface area contributed by atoms with Crippen molar-refractivity contribution in [2.45, 2.75) is 44.7 Å². The Morgan fingerprint density at radius 2 is 1.77 bits per heavy atom. The second kappa shape index (κ2) is 12.4. The van der Waals surface area contributed by atoms with Gasteiger partial charge in [0.25, 0.3) is 22.0 Å². The minimum atomic E-state index is -3.59. The number of alkyl halides is 2. The zero-order valence-electron chi connectivity index (χ0n) is 23.2. The van der Waals surface area contributed by atoms with Crippen LogP contribution in [-0.4, -0.2) is 81.0 Å². The summed E-state index contributed by atoms with van der Waals surface area (Å²) in [6.45, 7) is 0.667. The van der Waals surface area contributed by atoms with Gasteiger partial charge in [0.1, 0.15) is 18.3 Å². The van der Waals surface area contributed by atoms with E-state index in [0.717, 1.165) is 28.4 Å². The minimum Gasteiger partial charge on any atom is -0.351 e. The van der Waals surface area contributed by atoms with Crippen LogP contribution < -0.4 is 10.9 Å². The Kier molecular flexibility index (Phi) is 8.84. The highest BCUT2D eigenvalue weighted by atomic mass is 32.2. The summed E-state index contributed by atoms with van der Waals surface area (Å²) in [5.41, 5.74) is 0.191. The third-order valence-corrected chi connectivity index (χ3v) is 10.1. The van der Waals surface area contributed by atoms with E-state index in [1.807, 2.05) is 0 Å². The molecular formula is C26H30F2N8O5S2. The van der Waals surface area contributed by atoms with Crippen molar-refractivity contribution in [2.24, 2.45) is 0 Å². The molecular weight excluding hydrogens is 606 g/mol. The van der Waals surface area contributed by atoms with Crippen LogP contribution in [0.1, 0.15) is 42.4 Å². The summed E-state index contributed by atoms with van der Waals surface area (Å²) >= 11 is 0. The Hall–Kier alpha value is -3.83. The van der Waals surface area contributed by atoms with Crippen LogP contribution in [-0.2, 0) is 33.0 Å². The second-order valence-corrected chi connectivity index (χ2v) is 14.3. The molecule has 0 saturated carbocycles. The maximum absolute atomic E-state index is 13.8. The first kappa shape index (κ1) is 30.6. The number of fused-ring (bicyclic) bond motifs is 1. The summed E-state index contributed by atoms with van der Waals surface area (Å²) in [5, 5.41) is 7.12. The number of sulfonamides is 1. The highest BCUT2D eigenvalue weighted by molar-refractivity contribution is 7.89. The second-order valence-electron chi connectivity index (χ2n) is 10.3. The average Bonchev–Trinajstić information content (AvgIpc) is 3.51. The lowest BCUT2D eigenvalue weighted by Gasteiger charge is -2.30. The van der Waals surface area contributed by atoms with E-state index in [2.05, 4.69) is 25.4 Å². The van der Waals surface area contributed by atoms with Crippen LogP contribution in [0.2, 0.25) is 0 Å². The third kappa shape index (κ3) is 7.22. The van der Waals surface area contributed by atoms with Crippen molar-refractivity contribution in [3.63, 3.8) is 0 Å². The fourth-order valence-electron chi connectivity index (χ4n) is 4.96. The molecule has 1 fully saturated rings. The predicted octanol–water partition coefficient (Wildman–Crippen LogP) is 2.02. The zero-order valence-corrected chi connectivity index (χ0v) is 24.8. The van der Waals surface area contributed by atoms with Crippen LogP contribution in [0, 0.1) is 0 Å². The number of pyridine rings is 1. The van der Waals surface area contributed by atoms with Crippen molar-refractivity contribution >= 4 is 37.0 Å². The molecule has 17 heteroatoms. The van der Waals surface area contributed by atoms with Crippen molar-refractivity contribution < 1.29 is 25.6 Å². The summed E-state index contributed by atoms with van der Waals surface area (Å²) < 4.78 is 79.1. The number of rotatable bonds is 11. The van der Waals surface area contributed by atoms with E-state index in [4.69, 9.17) is 0 Å². The molecule has 0 amide bonds. The SMILES string of the molecule is CS(=O)(=O)N1CCC(Nc2ncc3cc(C(F)F)c(=O)n(Cc4ccc(CCCS(=O)(=O)n5cncn5)cc4)c3n2)CC1. The number of aromatic nitrogens is 6. The molecule has 230 valence electrons. The Bertz CT molecular complexity index is 1860. The minimum absolute atomic E-state index is 0.0277. The lowest BCUT2D eigenvalue weighted by atomic mass is 10.1. The van der Waals surface area contributed by atoms with E-state index >= 15 is 0 Å². The first-order valence-electron chi connectivity index (χ1n) is 13.5. The zero-order chi connectivity index (χ0) is 30.8. The molecule has 0 bridgehead atoms. The molecule has 1 saturated heterocycles. The topological polar surface area (TPSA) is 162 Å². The highest BCUT2D eigenvalue weighted by Gasteiger charge is 2.26. The van der Waals surface area contributed by atoms with Gasteiger partial charge in [-0.25, -0.2) is 39.9 Å². The van der Waals surface area contributed by atoms with E-state index in [1.54, 1.807) is 24.3 Å². The number of anilines is 1. The smallest absolute Gasteiger partial charge is 0.269 e. The van der Waals surface area contributed by atoms with E-state index in [9.17, 15) is 30.4 Å². The Morgan fingerprint density at radius 3 is 2.40 bits per heavy atom. The fraction of sp³-hybridized carbons (Fsp3) is 0.423. The highest BCUT2D eigenvalue weighted by Crippen LogP contribution is 2.22. The van der Waals surface area contributed by atoms with Crippen LogP contribution in [0.25, 0.3) is 11.0 Å². The largest absolute Gasteiger partial charge is 0.351 e. The molecule has 4 aromatic rings. The van der Waals surface area contributed by atoms with Crippen molar-refractivity contribution in [1.29, 1.82) is 0 Å². The number of nitrogens with zero attached hydrogens (tertiary/aromatic N) is 7. The normalized spacial score (nSPS) is 15.3. The van der Waals surface area contributed by atoms with Gasteiger partial charge in [0.2, 0.25) is 16.0 Å². The standard InChI is InChI=1S/C26H30F2N8O5S2/c1-42(38,39)34-10-8-21(9-11-34)32-26-30-14-20-13-22(23(27)28)25(37)35(24(20)33-26)15-19-6-4-18(5-7-19)3-2-12-43(40,41)36-17-29-16-31-36/h4-7,13-14,16-17,21,23H,2-3,8-12,15H2,1H3,(H,30,32,33). The number of halogens is 2. The maximum Gasteiger partial charge on any atom is 0.269 e. The summed E-state index contributed by atoms with van der Waals surface area (Å²) in [5.74, 6) is 0.0896. The molecule has 3 aromatic heterocycles. The van der Waals surface area contributed by atoms with Crippen molar-refractivity contribution in [2.75, 3.05) is 30.4 Å². The third-order valence-electron chi connectivity index (χ3n) is 7.26. The molecule has 0 aliphatic carbocycles. The first-order chi connectivity index (χ1) is 20.4. The van der Waals surface area contributed by atoms with E-state index < -0.39 is 37.6 Å². The Balaban J connectivity index is 1.32. The van der Waals surface area contributed by atoms with Gasteiger partial charge in [0, 0.05) is 30.7 Å². The quantitative estimate of drug-likeness (QED) is 0.258. The fourth-order valence-corrected chi connectivity index (χ4v) is 6.91. The molecule has 1 N–H and O–H groups in total. The summed E-state index contributed by atoms with van der Waals surface area (Å²) in [7, 11) is -6.87. The van der Waals surface area contributed by atoms with Gasteiger partial charge in [-0.05, 0) is 42.9 Å². The van der Waals surface area contributed by atoms with Crippen LogP contribution in [0.4, 0.5) is 14.7 Å². The molecule has 4 heterocycles. The van der Waals surface area contributed by atoms with Gasteiger partial charge in [-0.15, -0.1) is 9.19 Å². The molecule has 43 heavy (non-hydrogen) atoms. The van der Waals surface area contributed by atoms with Gasteiger partial charge in [0.05, 0.1) is 24.1 Å². The summed E-state index contributed by atoms with van der Waals surface area (Å²) in [4.78, 5) is 25.5. The van der Waals surface area contributed by atoms with Crippen molar-refractivity contribution in [3.05, 3.63) is 76.2 Å². The number of nitrogens with one attached hydrogen (secondary N) is 1. The van der Waals surface area contributed by atoms with Crippen LogP contribution in [0.5, 0.6) is 0 Å². The van der Waals surface area contributed by atoms with E-state index in [0.29, 0.717) is 44.3 Å². The lowest BCUT2D eigenvalue weighted by Crippen LogP contribution is -2.42. The molecule has 13 nitrogen and oxygen atoms in total. The van der Waals surface area contributed by atoms with E-state index in [1.165, 1.54) is 21.3 Å². The van der Waals surface area contributed by atoms with Gasteiger partial charge >= 0.3 is 0 Å². The lowest BCUT2D eigenvalue weighted by molar-refractivity contribution is 0.149. The molecule has 1 aromatic carbocycles. The first-order valence-corrected chi connectivity index (χ1v) is 16.9. The Morgan fingerprint density at radius 1 is 1.07 bits per heavy atom. The van der Waals surface area contributed by atoms with Crippen LogP contribution >= 0.6 is 0 Å². The monoisotopic (exact) mass is 636 g/mol. The average molecular weight is 637 g/mol. The van der Waals surface area contributed by atoms with Crippen LogP contribution in [0.3, 0.4) is 0 Å². The van der Waals surface area contributed by atoms with Crippen LogP contribution in [0.15, 0.2) is 54.0 Å². The maximum atomic E-state index is 13.8.